The molecular formula is C19H19Cl2N3OS. The lowest BCUT2D eigenvalue weighted by molar-refractivity contribution is 0.185. The summed E-state index contributed by atoms with van der Waals surface area (Å²) in [5, 5.41) is 11.2. The Morgan fingerprint density at radius 1 is 1.08 bits per heavy atom. The summed E-state index contributed by atoms with van der Waals surface area (Å²) in [6, 6.07) is 15.5. The van der Waals surface area contributed by atoms with Crippen LogP contribution in [0.15, 0.2) is 53.7 Å². The Morgan fingerprint density at radius 3 is 2.50 bits per heavy atom. The van der Waals surface area contributed by atoms with Crippen LogP contribution in [0.5, 0.6) is 0 Å². The van der Waals surface area contributed by atoms with Crippen molar-refractivity contribution in [2.45, 2.75) is 23.9 Å². The Balaban J connectivity index is 1.91. The molecule has 4 nitrogen and oxygen atoms in total. The molecule has 0 saturated carbocycles. The van der Waals surface area contributed by atoms with Crippen LogP contribution in [0.1, 0.15) is 17.7 Å². The van der Waals surface area contributed by atoms with E-state index < -0.39 is 0 Å². The zero-order valence-corrected chi connectivity index (χ0v) is 16.9. The van der Waals surface area contributed by atoms with Crippen molar-refractivity contribution in [3.8, 4) is 11.4 Å². The van der Waals surface area contributed by atoms with Crippen molar-refractivity contribution in [2.24, 2.45) is 0 Å². The van der Waals surface area contributed by atoms with Crippen LogP contribution in [0.25, 0.3) is 11.4 Å². The van der Waals surface area contributed by atoms with Crippen molar-refractivity contribution in [1.29, 1.82) is 0 Å². The summed E-state index contributed by atoms with van der Waals surface area (Å²) in [6.45, 7) is 3.36. The van der Waals surface area contributed by atoms with Gasteiger partial charge < -0.3 is 4.74 Å². The molecule has 0 unspecified atom stereocenters. The summed E-state index contributed by atoms with van der Waals surface area (Å²) in [5.41, 5.74) is 2.05. The van der Waals surface area contributed by atoms with Crippen LogP contribution in [0.4, 0.5) is 0 Å². The number of benzene rings is 2. The van der Waals surface area contributed by atoms with Gasteiger partial charge in [0.15, 0.2) is 11.0 Å². The number of methoxy groups -OCH3 is 1. The Kier molecular flexibility index (Phi) is 6.59. The predicted molar refractivity (Wildman–Crippen MR) is 108 cm³/mol. The number of thioether (sulfide) groups is 1. The number of aromatic nitrogens is 3. The zero-order chi connectivity index (χ0) is 18.5. The molecule has 0 aliphatic heterocycles. The monoisotopic (exact) mass is 407 g/mol. The van der Waals surface area contributed by atoms with E-state index in [0.29, 0.717) is 18.2 Å². The van der Waals surface area contributed by atoms with E-state index in [1.807, 2.05) is 48.5 Å². The van der Waals surface area contributed by atoms with Crippen molar-refractivity contribution >= 4 is 35.0 Å². The second-order valence-corrected chi connectivity index (χ2v) is 7.89. The van der Waals surface area contributed by atoms with E-state index in [1.54, 1.807) is 18.9 Å². The lowest BCUT2D eigenvalue weighted by Gasteiger charge is -2.14. The summed E-state index contributed by atoms with van der Waals surface area (Å²) in [6.07, 6.45) is 0. The number of rotatable bonds is 7. The predicted octanol–water partition coefficient (Wildman–Crippen LogP) is 5.75. The number of ether oxygens (including phenoxy) is 1. The van der Waals surface area contributed by atoms with Gasteiger partial charge in [-0.2, -0.15) is 0 Å². The average molecular weight is 408 g/mol. The highest BCUT2D eigenvalue weighted by molar-refractivity contribution is 7.99. The lowest BCUT2D eigenvalue weighted by atomic mass is 10.2. The summed E-state index contributed by atoms with van der Waals surface area (Å²) in [7, 11) is 1.69. The first-order valence-corrected chi connectivity index (χ1v) is 9.83. The van der Waals surface area contributed by atoms with Crippen LogP contribution < -0.4 is 0 Å². The molecule has 1 aromatic heterocycles. The quantitative estimate of drug-likeness (QED) is 0.467. The van der Waals surface area contributed by atoms with Gasteiger partial charge in [-0.3, -0.25) is 4.57 Å². The van der Waals surface area contributed by atoms with Crippen molar-refractivity contribution in [3.63, 3.8) is 0 Å². The summed E-state index contributed by atoms with van der Waals surface area (Å²) < 4.78 is 7.34. The van der Waals surface area contributed by atoms with Crippen molar-refractivity contribution < 1.29 is 4.74 Å². The summed E-state index contributed by atoms with van der Waals surface area (Å²) in [4.78, 5) is 0. The van der Waals surface area contributed by atoms with Gasteiger partial charge in [-0.25, -0.2) is 0 Å². The highest BCUT2D eigenvalue weighted by atomic mass is 35.5. The standard InChI is InChI=1S/C19H19Cl2N3OS/c1-13(16-5-3-4-6-17(16)21)26-19-23-22-18(24(19)11-12-25-2)14-7-9-15(20)10-8-14/h3-10,13H,11-12H2,1-2H3/t13-/m1/s1. The molecule has 3 rings (SSSR count). The van der Waals surface area contributed by atoms with Gasteiger partial charge >= 0.3 is 0 Å². The first-order chi connectivity index (χ1) is 12.6. The van der Waals surface area contributed by atoms with Gasteiger partial charge in [0.25, 0.3) is 0 Å². The average Bonchev–Trinajstić information content (AvgIpc) is 3.03. The molecule has 0 amide bonds. The molecule has 3 aromatic rings. The molecule has 0 bridgehead atoms. The van der Waals surface area contributed by atoms with E-state index in [-0.39, 0.29) is 5.25 Å². The van der Waals surface area contributed by atoms with Gasteiger partial charge in [0.1, 0.15) is 0 Å². The fourth-order valence-corrected chi connectivity index (χ4v) is 4.13. The van der Waals surface area contributed by atoms with Crippen LogP contribution in [0, 0.1) is 0 Å². The molecule has 0 radical (unpaired) electrons. The number of hydrogen-bond donors (Lipinski definition) is 0. The minimum absolute atomic E-state index is 0.146. The molecule has 1 atom stereocenters. The highest BCUT2D eigenvalue weighted by Crippen LogP contribution is 2.38. The molecule has 0 N–H and O–H groups in total. The maximum absolute atomic E-state index is 6.34. The van der Waals surface area contributed by atoms with Gasteiger partial charge in [-0.15, -0.1) is 10.2 Å². The van der Waals surface area contributed by atoms with Crippen LogP contribution in [-0.2, 0) is 11.3 Å². The number of hydrogen-bond acceptors (Lipinski definition) is 4. The normalized spacial score (nSPS) is 12.3. The van der Waals surface area contributed by atoms with E-state index in [1.165, 1.54) is 0 Å². The van der Waals surface area contributed by atoms with Crippen molar-refractivity contribution in [1.82, 2.24) is 14.8 Å². The third-order valence-corrected chi connectivity index (χ3v) is 5.68. The zero-order valence-electron chi connectivity index (χ0n) is 14.5. The summed E-state index contributed by atoms with van der Waals surface area (Å²) in [5.74, 6) is 0.799. The van der Waals surface area contributed by atoms with E-state index in [9.17, 15) is 0 Å². The SMILES string of the molecule is COCCn1c(S[C@H](C)c2ccccc2Cl)nnc1-c1ccc(Cl)cc1. The molecule has 0 aliphatic rings. The molecule has 2 aromatic carbocycles. The van der Waals surface area contributed by atoms with Gasteiger partial charge in [0.05, 0.1) is 13.2 Å². The first-order valence-electron chi connectivity index (χ1n) is 8.19. The second kappa shape index (κ2) is 8.91. The number of nitrogens with zero attached hydrogens (tertiary/aromatic N) is 3. The lowest BCUT2D eigenvalue weighted by Crippen LogP contribution is -2.08. The fourth-order valence-electron chi connectivity index (χ4n) is 2.60. The third-order valence-electron chi connectivity index (χ3n) is 3.96. The molecule has 136 valence electrons. The minimum Gasteiger partial charge on any atom is -0.383 e. The molecule has 26 heavy (non-hydrogen) atoms. The Morgan fingerprint density at radius 2 is 1.81 bits per heavy atom. The summed E-state index contributed by atoms with van der Waals surface area (Å²) >= 11 is 14.0. The fraction of sp³-hybridized carbons (Fsp3) is 0.263. The molecule has 7 heteroatoms. The van der Waals surface area contributed by atoms with Crippen LogP contribution >= 0.6 is 35.0 Å². The molecule has 0 fully saturated rings. The van der Waals surface area contributed by atoms with E-state index in [4.69, 9.17) is 27.9 Å². The van der Waals surface area contributed by atoms with E-state index >= 15 is 0 Å². The first kappa shape index (κ1) is 19.2. The Labute approximate surface area is 167 Å². The van der Waals surface area contributed by atoms with Gasteiger partial charge in [-0.1, -0.05) is 53.2 Å². The van der Waals surface area contributed by atoms with Crippen molar-refractivity contribution in [3.05, 3.63) is 64.1 Å². The molecule has 0 aliphatic carbocycles. The van der Waals surface area contributed by atoms with Crippen LogP contribution in [0.3, 0.4) is 0 Å². The third kappa shape index (κ3) is 4.41. The number of halogens is 2. The maximum atomic E-state index is 6.34. The van der Waals surface area contributed by atoms with E-state index in [2.05, 4.69) is 21.7 Å². The maximum Gasteiger partial charge on any atom is 0.192 e. The largest absolute Gasteiger partial charge is 0.383 e. The van der Waals surface area contributed by atoms with Gasteiger partial charge in [0, 0.05) is 28.0 Å². The second-order valence-electron chi connectivity index (χ2n) is 5.74. The van der Waals surface area contributed by atoms with Gasteiger partial charge in [-0.05, 0) is 42.8 Å². The Hall–Kier alpha value is -1.53. The molecule has 0 saturated heterocycles. The topological polar surface area (TPSA) is 39.9 Å². The van der Waals surface area contributed by atoms with E-state index in [0.717, 1.165) is 27.1 Å². The van der Waals surface area contributed by atoms with Gasteiger partial charge in [0.2, 0.25) is 0 Å². The minimum atomic E-state index is 0.146. The smallest absolute Gasteiger partial charge is 0.192 e. The Bertz CT molecular complexity index is 867. The molecular weight excluding hydrogens is 389 g/mol. The van der Waals surface area contributed by atoms with Crippen LogP contribution in [-0.4, -0.2) is 28.5 Å². The van der Waals surface area contributed by atoms with Crippen molar-refractivity contribution in [2.75, 3.05) is 13.7 Å². The highest BCUT2D eigenvalue weighted by Gasteiger charge is 2.18. The van der Waals surface area contributed by atoms with Crippen LogP contribution in [0.2, 0.25) is 10.0 Å². The molecule has 1 heterocycles. The molecule has 0 spiro atoms.